The van der Waals surface area contributed by atoms with Gasteiger partial charge in [-0.1, -0.05) is 0 Å². The Bertz CT molecular complexity index is 507. The minimum atomic E-state index is -0.349. The Balaban J connectivity index is 1.98. The minimum Gasteiger partial charge on any atom is -0.450 e. The van der Waals surface area contributed by atoms with Gasteiger partial charge in [-0.05, 0) is 6.92 Å². The van der Waals surface area contributed by atoms with E-state index in [2.05, 4.69) is 9.97 Å². The molecule has 3 N–H and O–H groups in total. The Hall–Kier alpha value is -2.25. The number of nitrogen functional groups attached to an aromatic ring is 1. The molecule has 1 aromatic rings. The van der Waals surface area contributed by atoms with Crippen molar-refractivity contribution in [2.24, 2.45) is 0 Å². The molecule has 8 nitrogen and oxygen atoms in total. The maximum atomic E-state index is 11.5. The number of amides is 1. The topological polar surface area (TPSA) is 105 Å². The van der Waals surface area contributed by atoms with Crippen molar-refractivity contribution in [3.05, 3.63) is 16.6 Å². The highest BCUT2D eigenvalue weighted by atomic mass is 16.6. The summed E-state index contributed by atoms with van der Waals surface area (Å²) in [5.74, 6) is 0.475. The lowest BCUT2D eigenvalue weighted by Crippen LogP contribution is -2.49. The van der Waals surface area contributed by atoms with E-state index in [1.54, 1.807) is 11.8 Å². The van der Waals surface area contributed by atoms with Crippen molar-refractivity contribution in [1.82, 2.24) is 14.9 Å². The molecule has 2 heterocycles. The Morgan fingerprint density at radius 1 is 1.47 bits per heavy atom. The second kappa shape index (κ2) is 5.59. The quantitative estimate of drug-likeness (QED) is 0.757. The first-order chi connectivity index (χ1) is 9.11. The van der Waals surface area contributed by atoms with E-state index in [9.17, 15) is 9.59 Å². The number of carbonyl (C=O) groups excluding carboxylic acids is 1. The lowest BCUT2D eigenvalue weighted by atomic mass is 10.3. The molecule has 1 amide bonds. The van der Waals surface area contributed by atoms with Crippen LogP contribution in [-0.2, 0) is 4.74 Å². The molecule has 0 aromatic carbocycles. The SMILES string of the molecule is CCOC(=O)N1CCN(c2ncc(N)c(=O)[nH]2)CC1. The summed E-state index contributed by atoms with van der Waals surface area (Å²) in [4.78, 5) is 33.2. The average molecular weight is 267 g/mol. The van der Waals surface area contributed by atoms with Crippen LogP contribution in [0.2, 0.25) is 0 Å². The van der Waals surface area contributed by atoms with E-state index in [0.717, 1.165) is 0 Å². The molecule has 0 spiro atoms. The lowest BCUT2D eigenvalue weighted by molar-refractivity contribution is 0.105. The Labute approximate surface area is 110 Å². The Kier molecular flexibility index (Phi) is 3.88. The van der Waals surface area contributed by atoms with E-state index in [-0.39, 0.29) is 17.3 Å². The Morgan fingerprint density at radius 2 is 2.16 bits per heavy atom. The van der Waals surface area contributed by atoms with E-state index < -0.39 is 0 Å². The third kappa shape index (κ3) is 2.95. The standard InChI is InChI=1S/C11H17N5O3/c1-2-19-11(18)16-5-3-15(4-6-16)10-13-7-8(12)9(17)14-10/h7H,2-6,12H2,1H3,(H,13,14,17). The van der Waals surface area contributed by atoms with Crippen LogP contribution in [0.1, 0.15) is 6.92 Å². The fourth-order valence-corrected chi connectivity index (χ4v) is 1.87. The largest absolute Gasteiger partial charge is 0.450 e. The minimum absolute atomic E-state index is 0.0916. The predicted octanol–water partition coefficient (Wildman–Crippen LogP) is -0.369. The molecular formula is C11H17N5O3. The maximum Gasteiger partial charge on any atom is 0.409 e. The van der Waals surface area contributed by atoms with Crippen LogP contribution in [0.25, 0.3) is 0 Å². The summed E-state index contributed by atoms with van der Waals surface area (Å²) in [6.07, 6.45) is 1.03. The fourth-order valence-electron chi connectivity index (χ4n) is 1.87. The lowest BCUT2D eigenvalue weighted by Gasteiger charge is -2.34. The van der Waals surface area contributed by atoms with Gasteiger partial charge in [-0.2, -0.15) is 0 Å². The van der Waals surface area contributed by atoms with E-state index in [1.807, 2.05) is 4.90 Å². The van der Waals surface area contributed by atoms with Crippen molar-refractivity contribution in [3.63, 3.8) is 0 Å². The van der Waals surface area contributed by atoms with Gasteiger partial charge in [0, 0.05) is 26.2 Å². The number of ether oxygens (including phenoxy) is 1. The normalized spacial score (nSPS) is 15.4. The molecular weight excluding hydrogens is 250 g/mol. The average Bonchev–Trinajstić information content (AvgIpc) is 2.42. The van der Waals surface area contributed by atoms with Crippen LogP contribution in [0.15, 0.2) is 11.0 Å². The highest BCUT2D eigenvalue weighted by Crippen LogP contribution is 2.10. The summed E-state index contributed by atoms with van der Waals surface area (Å²) in [6, 6.07) is 0. The molecule has 8 heteroatoms. The van der Waals surface area contributed by atoms with Gasteiger partial charge in [-0.25, -0.2) is 9.78 Å². The number of piperazine rings is 1. The predicted molar refractivity (Wildman–Crippen MR) is 70.1 cm³/mol. The highest BCUT2D eigenvalue weighted by Gasteiger charge is 2.23. The number of hydrogen-bond acceptors (Lipinski definition) is 6. The van der Waals surface area contributed by atoms with Crippen molar-refractivity contribution >= 4 is 17.7 Å². The smallest absolute Gasteiger partial charge is 0.409 e. The second-order valence-corrected chi connectivity index (χ2v) is 4.16. The van der Waals surface area contributed by atoms with Crippen molar-refractivity contribution < 1.29 is 9.53 Å². The van der Waals surface area contributed by atoms with Crippen LogP contribution >= 0.6 is 0 Å². The van der Waals surface area contributed by atoms with Gasteiger partial charge in [-0.3, -0.25) is 9.78 Å². The molecule has 0 unspecified atom stereocenters. The molecule has 1 saturated heterocycles. The van der Waals surface area contributed by atoms with Gasteiger partial charge < -0.3 is 20.3 Å². The molecule has 0 atom stereocenters. The van der Waals surface area contributed by atoms with E-state index in [0.29, 0.717) is 38.7 Å². The molecule has 1 aliphatic heterocycles. The summed E-state index contributed by atoms with van der Waals surface area (Å²) in [6.45, 7) is 4.39. The zero-order chi connectivity index (χ0) is 13.8. The first-order valence-electron chi connectivity index (χ1n) is 6.13. The number of rotatable bonds is 2. The number of anilines is 2. The summed E-state index contributed by atoms with van der Waals surface area (Å²) in [5, 5.41) is 0. The first kappa shape index (κ1) is 13.2. The summed E-state index contributed by atoms with van der Waals surface area (Å²) < 4.78 is 4.94. The number of hydrogen-bond donors (Lipinski definition) is 2. The van der Waals surface area contributed by atoms with Crippen LogP contribution in [0, 0.1) is 0 Å². The molecule has 0 bridgehead atoms. The molecule has 0 aliphatic carbocycles. The number of nitrogens with zero attached hydrogens (tertiary/aromatic N) is 3. The van der Waals surface area contributed by atoms with Gasteiger partial charge in [0.1, 0.15) is 5.69 Å². The third-order valence-electron chi connectivity index (χ3n) is 2.92. The summed E-state index contributed by atoms with van der Waals surface area (Å²) >= 11 is 0. The van der Waals surface area contributed by atoms with Crippen molar-refractivity contribution in [2.75, 3.05) is 43.4 Å². The zero-order valence-corrected chi connectivity index (χ0v) is 10.8. The van der Waals surface area contributed by atoms with E-state index >= 15 is 0 Å². The van der Waals surface area contributed by atoms with E-state index in [1.165, 1.54) is 6.20 Å². The van der Waals surface area contributed by atoms with Crippen LogP contribution in [0.4, 0.5) is 16.4 Å². The highest BCUT2D eigenvalue weighted by molar-refractivity contribution is 5.68. The molecule has 2 rings (SSSR count). The number of nitrogens with two attached hydrogens (primary N) is 1. The van der Waals surface area contributed by atoms with Gasteiger partial charge in [0.15, 0.2) is 0 Å². The number of aromatic nitrogens is 2. The van der Waals surface area contributed by atoms with Gasteiger partial charge in [0.25, 0.3) is 5.56 Å². The molecule has 0 radical (unpaired) electrons. The Morgan fingerprint density at radius 3 is 2.74 bits per heavy atom. The molecule has 104 valence electrons. The van der Waals surface area contributed by atoms with E-state index in [4.69, 9.17) is 10.5 Å². The molecule has 1 aliphatic rings. The van der Waals surface area contributed by atoms with Gasteiger partial charge >= 0.3 is 6.09 Å². The van der Waals surface area contributed by atoms with Gasteiger partial charge in [-0.15, -0.1) is 0 Å². The third-order valence-corrected chi connectivity index (χ3v) is 2.92. The molecule has 1 aromatic heterocycles. The van der Waals surface area contributed by atoms with Crippen LogP contribution in [0.5, 0.6) is 0 Å². The van der Waals surface area contributed by atoms with Crippen LogP contribution < -0.4 is 16.2 Å². The molecule has 19 heavy (non-hydrogen) atoms. The number of nitrogens with one attached hydrogen (secondary N) is 1. The maximum absolute atomic E-state index is 11.5. The van der Waals surface area contributed by atoms with Crippen molar-refractivity contribution in [2.45, 2.75) is 6.92 Å². The second-order valence-electron chi connectivity index (χ2n) is 4.16. The van der Waals surface area contributed by atoms with Crippen molar-refractivity contribution in [1.29, 1.82) is 0 Å². The number of aromatic amines is 1. The van der Waals surface area contributed by atoms with Gasteiger partial charge in [0.2, 0.25) is 5.95 Å². The molecule has 0 saturated carbocycles. The van der Waals surface area contributed by atoms with Gasteiger partial charge in [0.05, 0.1) is 12.8 Å². The van der Waals surface area contributed by atoms with Crippen molar-refractivity contribution in [3.8, 4) is 0 Å². The summed E-state index contributed by atoms with van der Waals surface area (Å²) in [7, 11) is 0. The van der Waals surface area contributed by atoms with Crippen LogP contribution in [-0.4, -0.2) is 53.7 Å². The number of carbonyl (C=O) groups is 1. The van der Waals surface area contributed by atoms with Crippen LogP contribution in [0.3, 0.4) is 0 Å². The fraction of sp³-hybridized carbons (Fsp3) is 0.545. The monoisotopic (exact) mass is 267 g/mol. The zero-order valence-electron chi connectivity index (χ0n) is 10.8. The molecule has 1 fully saturated rings. The first-order valence-corrected chi connectivity index (χ1v) is 6.13. The summed E-state index contributed by atoms with van der Waals surface area (Å²) in [5.41, 5.74) is 5.16. The number of H-pyrrole nitrogens is 1.